The molecule has 2 aromatic rings. The van der Waals surface area contributed by atoms with Crippen molar-refractivity contribution in [3.8, 4) is 0 Å². The van der Waals surface area contributed by atoms with Gasteiger partial charge in [-0.3, -0.25) is 4.79 Å². The zero-order chi connectivity index (χ0) is 24.1. The van der Waals surface area contributed by atoms with E-state index in [0.717, 1.165) is 6.92 Å². The standard InChI is InChI=1S/C22H28F5N5O/c1-11(22(25,26)27)17(20(29)33)18(12-2-3-12)14-8-16-31-15(10-32(16)30-9-14)19(28)13-4-6-21(23,24)7-5-13/h8-13,17-19H,2-7,28H2,1H3,(H2,29,33)/t11?,17?,18-,19-/m0/s1. The molecular weight excluding hydrogens is 445 g/mol. The zero-order valence-corrected chi connectivity index (χ0v) is 18.2. The van der Waals surface area contributed by atoms with Crippen LogP contribution in [0, 0.1) is 23.7 Å². The smallest absolute Gasteiger partial charge is 0.369 e. The lowest BCUT2D eigenvalue weighted by Crippen LogP contribution is -2.41. The highest BCUT2D eigenvalue weighted by Gasteiger charge is 2.51. The Kier molecular flexibility index (Phi) is 6.13. The first kappa shape index (κ1) is 23.8. The summed E-state index contributed by atoms with van der Waals surface area (Å²) in [6, 6.07) is 1.08. The van der Waals surface area contributed by atoms with Crippen molar-refractivity contribution in [1.29, 1.82) is 0 Å². The van der Waals surface area contributed by atoms with Crippen LogP contribution in [0.3, 0.4) is 0 Å². The van der Waals surface area contributed by atoms with Crippen LogP contribution in [0.1, 0.15) is 68.7 Å². The van der Waals surface area contributed by atoms with Gasteiger partial charge in [-0.2, -0.15) is 18.3 Å². The Labute approximate surface area is 187 Å². The van der Waals surface area contributed by atoms with Crippen molar-refractivity contribution < 1.29 is 26.7 Å². The summed E-state index contributed by atoms with van der Waals surface area (Å²) in [7, 11) is 0. The molecule has 11 heteroatoms. The van der Waals surface area contributed by atoms with Crippen LogP contribution in [0.15, 0.2) is 18.5 Å². The third-order valence-corrected chi connectivity index (χ3v) is 7.26. The summed E-state index contributed by atoms with van der Waals surface area (Å²) >= 11 is 0. The van der Waals surface area contributed by atoms with Gasteiger partial charge in [-0.15, -0.1) is 0 Å². The van der Waals surface area contributed by atoms with Crippen LogP contribution in [0.2, 0.25) is 0 Å². The highest BCUT2D eigenvalue weighted by atomic mass is 19.4. The molecule has 2 aromatic heterocycles. The van der Waals surface area contributed by atoms with Crippen molar-refractivity contribution in [2.75, 3.05) is 0 Å². The van der Waals surface area contributed by atoms with E-state index in [1.165, 1.54) is 10.7 Å². The molecule has 182 valence electrons. The summed E-state index contributed by atoms with van der Waals surface area (Å²) < 4.78 is 68.9. The minimum Gasteiger partial charge on any atom is -0.369 e. The lowest BCUT2D eigenvalue weighted by Gasteiger charge is -2.31. The van der Waals surface area contributed by atoms with Gasteiger partial charge >= 0.3 is 6.18 Å². The lowest BCUT2D eigenvalue weighted by molar-refractivity contribution is -0.188. The number of alkyl halides is 5. The predicted octanol–water partition coefficient (Wildman–Crippen LogP) is 4.35. The Morgan fingerprint density at radius 3 is 2.36 bits per heavy atom. The number of carbonyl (C=O) groups is 1. The molecule has 0 radical (unpaired) electrons. The Balaban J connectivity index is 1.62. The Hall–Kier alpha value is -2.30. The van der Waals surface area contributed by atoms with E-state index in [9.17, 15) is 26.7 Å². The second-order valence-corrected chi connectivity index (χ2v) is 9.60. The van der Waals surface area contributed by atoms with E-state index >= 15 is 0 Å². The van der Waals surface area contributed by atoms with Gasteiger partial charge in [-0.25, -0.2) is 18.3 Å². The van der Waals surface area contributed by atoms with E-state index in [2.05, 4.69) is 10.1 Å². The van der Waals surface area contributed by atoms with Crippen molar-refractivity contribution in [2.45, 2.75) is 69.5 Å². The third kappa shape index (κ3) is 4.97. The Bertz CT molecular complexity index is 1010. The number of primary amides is 1. The van der Waals surface area contributed by atoms with Crippen molar-refractivity contribution in [1.82, 2.24) is 14.6 Å². The average Bonchev–Trinajstić information content (AvgIpc) is 3.47. The van der Waals surface area contributed by atoms with Gasteiger partial charge < -0.3 is 11.5 Å². The molecular formula is C22H28F5N5O. The zero-order valence-electron chi connectivity index (χ0n) is 18.2. The summed E-state index contributed by atoms with van der Waals surface area (Å²) in [5.74, 6) is -7.90. The van der Waals surface area contributed by atoms with Crippen LogP contribution in [-0.4, -0.2) is 32.6 Å². The number of carbonyl (C=O) groups excluding carboxylic acids is 1. The van der Waals surface area contributed by atoms with Crippen LogP contribution >= 0.6 is 0 Å². The minimum absolute atomic E-state index is 0.0860. The van der Waals surface area contributed by atoms with Crippen molar-refractivity contribution >= 4 is 11.6 Å². The molecule has 1 amide bonds. The number of rotatable bonds is 7. The molecule has 4 N–H and O–H groups in total. The molecule has 0 spiro atoms. The Morgan fingerprint density at radius 1 is 1.18 bits per heavy atom. The molecule has 4 atom stereocenters. The first-order valence-corrected chi connectivity index (χ1v) is 11.2. The number of hydrogen-bond donors (Lipinski definition) is 2. The summed E-state index contributed by atoms with van der Waals surface area (Å²) in [6.45, 7) is 0.983. The second-order valence-electron chi connectivity index (χ2n) is 9.60. The molecule has 2 aliphatic rings. The molecule has 4 rings (SSSR count). The molecule has 2 saturated carbocycles. The maximum atomic E-state index is 13.5. The number of amides is 1. The van der Waals surface area contributed by atoms with E-state index in [4.69, 9.17) is 11.5 Å². The minimum atomic E-state index is -4.56. The third-order valence-electron chi connectivity index (χ3n) is 7.26. The molecule has 0 aromatic carbocycles. The number of halogens is 5. The molecule has 6 nitrogen and oxygen atoms in total. The molecule has 0 aliphatic heterocycles. The van der Waals surface area contributed by atoms with Gasteiger partial charge in [-0.1, -0.05) is 6.92 Å². The van der Waals surface area contributed by atoms with E-state index in [0.29, 0.717) is 42.6 Å². The van der Waals surface area contributed by atoms with Gasteiger partial charge in [0.05, 0.1) is 36.0 Å². The SMILES string of the molecule is CC(C(C(N)=O)[C@H](c1cnn2cc([C@@H](N)C3CCC(F)(F)CC3)nc2c1)C1CC1)C(F)(F)F. The van der Waals surface area contributed by atoms with E-state index in [1.54, 1.807) is 12.3 Å². The van der Waals surface area contributed by atoms with Crippen LogP contribution in [-0.2, 0) is 4.79 Å². The van der Waals surface area contributed by atoms with E-state index in [-0.39, 0.29) is 24.7 Å². The number of nitrogens with two attached hydrogens (primary N) is 2. The number of fused-ring (bicyclic) bond motifs is 1. The van der Waals surface area contributed by atoms with Crippen molar-refractivity contribution in [2.24, 2.45) is 35.1 Å². The van der Waals surface area contributed by atoms with Gasteiger partial charge in [0.15, 0.2) is 5.65 Å². The molecule has 0 saturated heterocycles. The molecule has 2 aliphatic carbocycles. The van der Waals surface area contributed by atoms with Crippen molar-refractivity contribution in [3.63, 3.8) is 0 Å². The highest BCUT2D eigenvalue weighted by Crippen LogP contribution is 2.51. The van der Waals surface area contributed by atoms with Gasteiger partial charge in [0.1, 0.15) is 0 Å². The second kappa shape index (κ2) is 8.48. The van der Waals surface area contributed by atoms with Crippen LogP contribution in [0.5, 0.6) is 0 Å². The average molecular weight is 473 g/mol. The first-order chi connectivity index (χ1) is 15.4. The topological polar surface area (TPSA) is 99.3 Å². The number of nitrogens with zero attached hydrogens (tertiary/aromatic N) is 3. The van der Waals surface area contributed by atoms with Crippen molar-refractivity contribution in [3.05, 3.63) is 29.7 Å². The number of imidazole rings is 1. The van der Waals surface area contributed by atoms with Gasteiger partial charge in [-0.05, 0) is 49.1 Å². The molecule has 0 bridgehead atoms. The van der Waals surface area contributed by atoms with Gasteiger partial charge in [0.2, 0.25) is 11.8 Å². The van der Waals surface area contributed by atoms with E-state index in [1.807, 2.05) is 0 Å². The fourth-order valence-corrected chi connectivity index (χ4v) is 5.08. The van der Waals surface area contributed by atoms with Crippen LogP contribution in [0.25, 0.3) is 5.65 Å². The first-order valence-electron chi connectivity index (χ1n) is 11.2. The maximum absolute atomic E-state index is 13.5. The summed E-state index contributed by atoms with van der Waals surface area (Å²) in [5, 5.41) is 4.29. The monoisotopic (exact) mass is 473 g/mol. The Morgan fingerprint density at radius 2 is 1.82 bits per heavy atom. The molecule has 2 heterocycles. The summed E-state index contributed by atoms with van der Waals surface area (Å²) in [6.07, 6.45) is 0.0860. The lowest BCUT2D eigenvalue weighted by atomic mass is 9.75. The number of hydrogen-bond acceptors (Lipinski definition) is 4. The number of aromatic nitrogens is 3. The quantitative estimate of drug-likeness (QED) is 0.584. The predicted molar refractivity (Wildman–Crippen MR) is 110 cm³/mol. The van der Waals surface area contributed by atoms with Gasteiger partial charge in [0, 0.05) is 18.8 Å². The fourth-order valence-electron chi connectivity index (χ4n) is 5.08. The highest BCUT2D eigenvalue weighted by molar-refractivity contribution is 5.78. The normalized spacial score (nSPS) is 23.2. The molecule has 33 heavy (non-hydrogen) atoms. The molecule has 2 unspecified atom stereocenters. The van der Waals surface area contributed by atoms with E-state index < -0.39 is 41.8 Å². The van der Waals surface area contributed by atoms with Gasteiger partial charge in [0.25, 0.3) is 0 Å². The largest absolute Gasteiger partial charge is 0.392 e. The maximum Gasteiger partial charge on any atom is 0.392 e. The summed E-state index contributed by atoms with van der Waals surface area (Å²) in [4.78, 5) is 16.6. The van der Waals surface area contributed by atoms with Crippen LogP contribution < -0.4 is 11.5 Å². The summed E-state index contributed by atoms with van der Waals surface area (Å²) in [5.41, 5.74) is 13.1. The molecule has 2 fully saturated rings. The van der Waals surface area contributed by atoms with Crippen LogP contribution in [0.4, 0.5) is 22.0 Å². The fraction of sp³-hybridized carbons (Fsp3) is 0.682.